The van der Waals surface area contributed by atoms with E-state index in [4.69, 9.17) is 0 Å². The van der Waals surface area contributed by atoms with Crippen LogP contribution in [0.3, 0.4) is 0 Å². The number of phenolic OH excluding ortho intramolecular Hbond substituents is 1. The average Bonchev–Trinajstić information content (AvgIpc) is 2.58. The van der Waals surface area contributed by atoms with E-state index in [1.807, 2.05) is 26.2 Å². The Morgan fingerprint density at radius 3 is 2.42 bits per heavy atom. The highest BCUT2D eigenvalue weighted by atomic mass is 16.3. The first-order chi connectivity index (χ1) is 12.2. The van der Waals surface area contributed by atoms with Crippen molar-refractivity contribution in [1.29, 1.82) is 0 Å². The fourth-order valence-corrected chi connectivity index (χ4v) is 3.29. The lowest BCUT2D eigenvalue weighted by Gasteiger charge is -2.26. The van der Waals surface area contributed by atoms with E-state index in [0.717, 1.165) is 30.4 Å². The third-order valence-electron chi connectivity index (χ3n) is 5.11. The third kappa shape index (κ3) is 5.10. The minimum Gasteiger partial charge on any atom is -0.508 e. The summed E-state index contributed by atoms with van der Waals surface area (Å²) in [5.41, 5.74) is 4.79. The zero-order valence-corrected chi connectivity index (χ0v) is 16.7. The Labute approximate surface area is 157 Å². The number of rotatable bonds is 7. The molecule has 0 fully saturated rings. The topological polar surface area (TPSA) is 40.5 Å². The van der Waals surface area contributed by atoms with Crippen LogP contribution in [0.4, 0.5) is 0 Å². The van der Waals surface area contributed by atoms with Crippen LogP contribution in [0.15, 0.2) is 42.5 Å². The molecule has 2 aromatic rings. The summed E-state index contributed by atoms with van der Waals surface area (Å²) in [6.07, 6.45) is 3.65. The van der Waals surface area contributed by atoms with Gasteiger partial charge in [-0.05, 0) is 59.6 Å². The molecule has 2 rings (SSSR count). The lowest BCUT2D eigenvalue weighted by atomic mass is 9.78. The van der Waals surface area contributed by atoms with Crippen LogP contribution < -0.4 is 0 Å². The predicted octanol–water partition coefficient (Wildman–Crippen LogP) is 5.29. The van der Waals surface area contributed by atoms with Crippen molar-refractivity contribution < 1.29 is 9.90 Å². The average molecular weight is 354 g/mol. The van der Waals surface area contributed by atoms with Crippen molar-refractivity contribution in [2.45, 2.75) is 51.9 Å². The molecule has 3 nitrogen and oxygen atoms in total. The van der Waals surface area contributed by atoms with Crippen molar-refractivity contribution in [2.75, 3.05) is 14.1 Å². The van der Waals surface area contributed by atoms with Crippen LogP contribution in [0.5, 0.6) is 5.75 Å². The molecule has 0 spiro atoms. The summed E-state index contributed by atoms with van der Waals surface area (Å²) in [6, 6.07) is 14.0. The lowest BCUT2D eigenvalue weighted by Crippen LogP contribution is -2.21. The van der Waals surface area contributed by atoms with Crippen LogP contribution in [0.1, 0.15) is 50.7 Å². The number of hydrogen-bond acceptors (Lipinski definition) is 2. The molecule has 1 N–H and O–H groups in total. The summed E-state index contributed by atoms with van der Waals surface area (Å²) in [7, 11) is 3.62. The van der Waals surface area contributed by atoms with Gasteiger partial charge in [0.15, 0.2) is 0 Å². The summed E-state index contributed by atoms with van der Waals surface area (Å²) in [5.74, 6) is 0.493. The van der Waals surface area contributed by atoms with E-state index < -0.39 is 0 Å². The van der Waals surface area contributed by atoms with Gasteiger partial charge in [0.25, 0.3) is 0 Å². The number of carbonyl (C=O) groups excluding carboxylic acids is 1. The summed E-state index contributed by atoms with van der Waals surface area (Å²) < 4.78 is 0. The summed E-state index contributed by atoms with van der Waals surface area (Å²) in [4.78, 5) is 13.3. The van der Waals surface area contributed by atoms with Crippen LogP contribution in [-0.2, 0) is 10.2 Å². The molecule has 0 unspecified atom stereocenters. The van der Waals surface area contributed by atoms with Gasteiger partial charge in [-0.2, -0.15) is 0 Å². The van der Waals surface area contributed by atoms with E-state index in [-0.39, 0.29) is 11.3 Å². The maximum atomic E-state index is 11.7. The molecule has 26 heavy (non-hydrogen) atoms. The molecule has 0 heterocycles. The Hall–Kier alpha value is -2.29. The number of aryl methyl sites for hydroxylation is 1. The smallest absolute Gasteiger partial charge is 0.222 e. The van der Waals surface area contributed by atoms with Gasteiger partial charge in [0, 0.05) is 20.5 Å². The zero-order chi connectivity index (χ0) is 19.3. The van der Waals surface area contributed by atoms with Gasteiger partial charge in [0.1, 0.15) is 5.75 Å². The Morgan fingerprint density at radius 2 is 1.81 bits per heavy atom. The molecule has 0 aliphatic rings. The van der Waals surface area contributed by atoms with Gasteiger partial charge < -0.3 is 10.0 Å². The van der Waals surface area contributed by atoms with Crippen LogP contribution in [0.2, 0.25) is 0 Å². The van der Waals surface area contributed by atoms with Crippen LogP contribution in [0, 0.1) is 6.92 Å². The maximum absolute atomic E-state index is 11.7. The van der Waals surface area contributed by atoms with Gasteiger partial charge in [-0.25, -0.2) is 0 Å². The van der Waals surface area contributed by atoms with Gasteiger partial charge in [0.2, 0.25) is 5.91 Å². The molecule has 0 radical (unpaired) electrons. The highest BCUT2D eigenvalue weighted by Crippen LogP contribution is 2.33. The first kappa shape index (κ1) is 20.0. The minimum absolute atomic E-state index is 0.0727. The van der Waals surface area contributed by atoms with Crippen LogP contribution in [-0.4, -0.2) is 30.0 Å². The first-order valence-corrected chi connectivity index (χ1v) is 9.31. The maximum Gasteiger partial charge on any atom is 0.222 e. The Morgan fingerprint density at radius 1 is 1.08 bits per heavy atom. The molecule has 0 saturated heterocycles. The molecule has 2 aromatic carbocycles. The number of aromatic hydroxyl groups is 1. The van der Waals surface area contributed by atoms with Gasteiger partial charge >= 0.3 is 0 Å². The van der Waals surface area contributed by atoms with Crippen LogP contribution in [0.25, 0.3) is 11.1 Å². The second-order valence-corrected chi connectivity index (χ2v) is 7.96. The SMILES string of the molecule is Cc1cc(C(C)(C)CCCCC(=O)N(C)C)ccc1-c1cccc(O)c1. The number of unbranched alkanes of at least 4 members (excludes halogenated alkanes) is 1. The second kappa shape index (κ2) is 8.39. The van der Waals surface area contributed by atoms with Crippen molar-refractivity contribution in [2.24, 2.45) is 0 Å². The standard InChI is InChI=1S/C23H31NO2/c1-17-15-19(12-13-21(17)18-9-8-10-20(25)16-18)23(2,3)14-7-6-11-22(26)24(4)5/h8-10,12-13,15-16,25H,6-7,11,14H2,1-5H3. The molecule has 140 valence electrons. The van der Waals surface area contributed by atoms with E-state index in [0.29, 0.717) is 12.2 Å². The monoisotopic (exact) mass is 353 g/mol. The fourth-order valence-electron chi connectivity index (χ4n) is 3.29. The van der Waals surface area contributed by atoms with Gasteiger partial charge in [-0.3, -0.25) is 4.79 Å². The van der Waals surface area contributed by atoms with Gasteiger partial charge in [-0.15, -0.1) is 0 Å². The number of carbonyl (C=O) groups is 1. The van der Waals surface area contributed by atoms with E-state index in [1.54, 1.807) is 17.0 Å². The number of phenols is 1. The van der Waals surface area contributed by atoms with Gasteiger partial charge in [0.05, 0.1) is 0 Å². The fraction of sp³-hybridized carbons (Fsp3) is 0.435. The van der Waals surface area contributed by atoms with Crippen molar-refractivity contribution in [3.8, 4) is 16.9 Å². The lowest BCUT2D eigenvalue weighted by molar-refractivity contribution is -0.128. The highest BCUT2D eigenvalue weighted by molar-refractivity contribution is 5.75. The molecule has 0 atom stereocenters. The summed E-state index contributed by atoms with van der Waals surface area (Å²) in [6.45, 7) is 6.65. The molecule has 1 amide bonds. The minimum atomic E-state index is 0.0727. The number of nitrogens with zero attached hydrogens (tertiary/aromatic N) is 1. The molecule has 0 aliphatic heterocycles. The molecule has 0 bridgehead atoms. The first-order valence-electron chi connectivity index (χ1n) is 9.31. The van der Waals surface area contributed by atoms with Crippen molar-refractivity contribution in [1.82, 2.24) is 4.90 Å². The Balaban J connectivity index is 2.05. The van der Waals surface area contributed by atoms with Crippen LogP contribution >= 0.6 is 0 Å². The predicted molar refractivity (Wildman–Crippen MR) is 108 cm³/mol. The normalized spacial score (nSPS) is 11.4. The number of benzene rings is 2. The summed E-state index contributed by atoms with van der Waals surface area (Å²) >= 11 is 0. The molecule has 0 aromatic heterocycles. The van der Waals surface area contributed by atoms with E-state index >= 15 is 0 Å². The van der Waals surface area contributed by atoms with Crippen molar-refractivity contribution >= 4 is 5.91 Å². The molecule has 3 heteroatoms. The van der Waals surface area contributed by atoms with E-state index in [9.17, 15) is 9.90 Å². The number of amides is 1. The third-order valence-corrected chi connectivity index (χ3v) is 5.11. The Bertz CT molecular complexity index is 763. The summed E-state index contributed by atoms with van der Waals surface area (Å²) in [5, 5.41) is 9.72. The second-order valence-electron chi connectivity index (χ2n) is 7.96. The highest BCUT2D eigenvalue weighted by Gasteiger charge is 2.21. The molecular formula is C23H31NO2. The molecular weight excluding hydrogens is 322 g/mol. The molecule has 0 saturated carbocycles. The Kier molecular flexibility index (Phi) is 6.47. The number of hydrogen-bond donors (Lipinski definition) is 1. The van der Waals surface area contributed by atoms with Crippen molar-refractivity contribution in [3.63, 3.8) is 0 Å². The van der Waals surface area contributed by atoms with E-state index in [1.165, 1.54) is 11.1 Å². The zero-order valence-electron chi connectivity index (χ0n) is 16.7. The quantitative estimate of drug-likeness (QED) is 0.687. The molecule has 0 aliphatic carbocycles. The largest absolute Gasteiger partial charge is 0.508 e. The van der Waals surface area contributed by atoms with E-state index in [2.05, 4.69) is 39.0 Å². The van der Waals surface area contributed by atoms with Crippen molar-refractivity contribution in [3.05, 3.63) is 53.6 Å². The van der Waals surface area contributed by atoms with Gasteiger partial charge in [-0.1, -0.05) is 50.6 Å².